The Balaban J connectivity index is 1.04. The highest BCUT2D eigenvalue weighted by molar-refractivity contribution is 5.98. The number of carbonyl (C=O) groups is 3. The Bertz CT molecular complexity index is 1800. The number of hydrogen-bond donors (Lipinski definition) is 2. The number of ether oxygens (including phenoxy) is 1. The molecule has 2 aliphatic rings. The van der Waals surface area contributed by atoms with Crippen LogP contribution in [-0.2, 0) is 11.3 Å². The molecule has 6 rings (SSSR count). The lowest BCUT2D eigenvalue weighted by molar-refractivity contribution is 0.0523. The summed E-state index contributed by atoms with van der Waals surface area (Å²) in [7, 11) is 3.54. The largest absolute Gasteiger partial charge is 0.444 e. The Morgan fingerprint density at radius 3 is 2.29 bits per heavy atom. The number of pyridine rings is 1. The normalized spacial score (nSPS) is 15.4. The molecule has 1 aliphatic heterocycles. The van der Waals surface area contributed by atoms with Crippen molar-refractivity contribution >= 4 is 46.4 Å². The zero-order valence-electron chi connectivity index (χ0n) is 28.9. The monoisotopic (exact) mass is 667 g/mol. The molecule has 2 fully saturated rings. The lowest BCUT2D eigenvalue weighted by atomic mass is 10.1. The number of benzene rings is 1. The fraction of sp³-hybridized carbons (Fsp3) is 0.444. The molecular formula is C36H45N9O4. The molecule has 4 aromatic rings. The number of aromatic nitrogens is 4. The number of nitrogens with zero attached hydrogens (tertiary/aromatic N) is 7. The maximum absolute atomic E-state index is 13.2. The van der Waals surface area contributed by atoms with Crippen LogP contribution in [-0.4, -0.2) is 93.1 Å². The van der Waals surface area contributed by atoms with Crippen LogP contribution in [0, 0.1) is 0 Å². The molecule has 0 unspecified atom stereocenters. The van der Waals surface area contributed by atoms with E-state index < -0.39 is 11.7 Å². The Kier molecular flexibility index (Phi) is 9.70. The fourth-order valence-corrected chi connectivity index (χ4v) is 6.36. The molecule has 1 aliphatic carbocycles. The number of nitrogens with one attached hydrogen (secondary N) is 2. The zero-order valence-corrected chi connectivity index (χ0v) is 28.9. The van der Waals surface area contributed by atoms with E-state index in [0.717, 1.165) is 48.0 Å². The number of alkyl carbamates (subject to hydrolysis) is 1. The highest BCUT2D eigenvalue weighted by Crippen LogP contribution is 2.35. The Morgan fingerprint density at radius 2 is 1.65 bits per heavy atom. The van der Waals surface area contributed by atoms with Gasteiger partial charge in [0.25, 0.3) is 11.8 Å². The molecule has 0 spiro atoms. The van der Waals surface area contributed by atoms with E-state index in [1.807, 2.05) is 62.2 Å². The molecule has 13 nitrogen and oxygen atoms in total. The van der Waals surface area contributed by atoms with E-state index in [1.165, 1.54) is 0 Å². The van der Waals surface area contributed by atoms with Crippen LogP contribution in [0.15, 0.2) is 54.9 Å². The van der Waals surface area contributed by atoms with Gasteiger partial charge in [0, 0.05) is 70.0 Å². The second kappa shape index (κ2) is 14.1. The van der Waals surface area contributed by atoms with E-state index in [4.69, 9.17) is 9.72 Å². The van der Waals surface area contributed by atoms with Gasteiger partial charge in [-0.1, -0.05) is 25.0 Å². The third kappa shape index (κ3) is 7.93. The second-order valence-corrected chi connectivity index (χ2v) is 13.9. The van der Waals surface area contributed by atoms with Crippen LogP contribution in [0.3, 0.4) is 0 Å². The van der Waals surface area contributed by atoms with E-state index in [0.29, 0.717) is 55.7 Å². The van der Waals surface area contributed by atoms with Gasteiger partial charge in [-0.2, -0.15) is 4.98 Å². The van der Waals surface area contributed by atoms with Crippen molar-refractivity contribution in [3.05, 3.63) is 71.7 Å². The lowest BCUT2D eigenvalue weighted by Gasteiger charge is -2.36. The number of amides is 3. The molecule has 3 amide bonds. The van der Waals surface area contributed by atoms with Crippen molar-refractivity contribution in [2.75, 3.05) is 50.5 Å². The summed E-state index contributed by atoms with van der Waals surface area (Å²) in [5, 5.41) is 6.81. The average molecular weight is 668 g/mol. The summed E-state index contributed by atoms with van der Waals surface area (Å²) in [5.74, 6) is 0.985. The molecule has 0 atom stereocenters. The molecule has 3 aromatic heterocycles. The standard InChI is InChI=1S/C36H45N9O4/c1-36(2,3)49-35(48)39-21-24-10-12-25(13-11-24)32(46)44-18-16-43(17-19-44)28-14-15-30(37-23-28)40-34-38-22-26-20-29(33(47)42(4)5)45(31(26)41-34)27-8-6-7-9-27/h10-15,20,22-23,27H,6-9,16-19,21H2,1-5H3,(H,39,48)(H,37,38,40,41). The molecule has 1 saturated heterocycles. The van der Waals surface area contributed by atoms with Crippen molar-refractivity contribution in [1.29, 1.82) is 0 Å². The summed E-state index contributed by atoms with van der Waals surface area (Å²) in [5.41, 5.74) is 3.31. The summed E-state index contributed by atoms with van der Waals surface area (Å²) in [6.45, 7) is 8.33. The molecule has 49 heavy (non-hydrogen) atoms. The van der Waals surface area contributed by atoms with E-state index in [2.05, 4.69) is 30.1 Å². The first-order valence-electron chi connectivity index (χ1n) is 16.9. The summed E-state index contributed by atoms with van der Waals surface area (Å²) in [6.07, 6.45) is 7.44. The molecule has 2 N–H and O–H groups in total. The summed E-state index contributed by atoms with van der Waals surface area (Å²) in [4.78, 5) is 57.8. The summed E-state index contributed by atoms with van der Waals surface area (Å²) in [6, 6.07) is 13.3. The van der Waals surface area contributed by atoms with Gasteiger partial charge in [-0.3, -0.25) is 9.59 Å². The maximum atomic E-state index is 13.2. The minimum atomic E-state index is -0.558. The Labute approximate surface area is 286 Å². The quantitative estimate of drug-likeness (QED) is 0.254. The first kappa shape index (κ1) is 33.7. The van der Waals surface area contributed by atoms with Gasteiger partial charge in [0.15, 0.2) is 0 Å². The van der Waals surface area contributed by atoms with Crippen LogP contribution >= 0.6 is 0 Å². The van der Waals surface area contributed by atoms with Crippen LogP contribution in [0.1, 0.15) is 78.9 Å². The molecule has 0 bridgehead atoms. The minimum Gasteiger partial charge on any atom is -0.444 e. The second-order valence-electron chi connectivity index (χ2n) is 13.9. The van der Waals surface area contributed by atoms with Crippen LogP contribution < -0.4 is 15.5 Å². The molecule has 258 valence electrons. The number of hydrogen-bond acceptors (Lipinski definition) is 9. The van der Waals surface area contributed by atoms with Crippen LogP contribution in [0.25, 0.3) is 11.0 Å². The van der Waals surface area contributed by atoms with Gasteiger partial charge in [-0.15, -0.1) is 0 Å². The lowest BCUT2D eigenvalue weighted by Crippen LogP contribution is -2.48. The van der Waals surface area contributed by atoms with Gasteiger partial charge in [0.1, 0.15) is 22.8 Å². The molecule has 1 aromatic carbocycles. The first-order chi connectivity index (χ1) is 23.4. The summed E-state index contributed by atoms with van der Waals surface area (Å²) >= 11 is 0. The van der Waals surface area contributed by atoms with Gasteiger partial charge in [0.05, 0.1) is 11.9 Å². The number of piperazine rings is 1. The van der Waals surface area contributed by atoms with E-state index >= 15 is 0 Å². The molecular weight excluding hydrogens is 622 g/mol. The molecule has 0 radical (unpaired) electrons. The topological polar surface area (TPSA) is 138 Å². The highest BCUT2D eigenvalue weighted by atomic mass is 16.6. The SMILES string of the molecule is CN(C)C(=O)c1cc2cnc(Nc3ccc(N4CCN(C(=O)c5ccc(CNC(=O)OC(C)(C)C)cc5)CC4)cn3)nc2n1C1CCCC1. The van der Waals surface area contributed by atoms with Gasteiger partial charge in [-0.05, 0) is 69.5 Å². The fourth-order valence-electron chi connectivity index (χ4n) is 6.36. The van der Waals surface area contributed by atoms with Gasteiger partial charge >= 0.3 is 6.09 Å². The molecule has 4 heterocycles. The molecule has 1 saturated carbocycles. The third-order valence-electron chi connectivity index (χ3n) is 8.85. The number of anilines is 3. The third-order valence-corrected chi connectivity index (χ3v) is 8.85. The van der Waals surface area contributed by atoms with Gasteiger partial charge < -0.3 is 34.6 Å². The predicted molar refractivity (Wildman–Crippen MR) is 188 cm³/mol. The maximum Gasteiger partial charge on any atom is 0.407 e. The predicted octanol–water partition coefficient (Wildman–Crippen LogP) is 5.37. The van der Waals surface area contributed by atoms with Gasteiger partial charge in [-0.25, -0.2) is 14.8 Å². The van der Waals surface area contributed by atoms with Crippen molar-refractivity contribution in [2.24, 2.45) is 0 Å². The zero-order chi connectivity index (χ0) is 34.7. The van der Waals surface area contributed by atoms with E-state index in [9.17, 15) is 14.4 Å². The van der Waals surface area contributed by atoms with Crippen LogP contribution in [0.4, 0.5) is 22.2 Å². The van der Waals surface area contributed by atoms with Crippen LogP contribution in [0.5, 0.6) is 0 Å². The summed E-state index contributed by atoms with van der Waals surface area (Å²) < 4.78 is 7.37. The van der Waals surface area contributed by atoms with Crippen molar-refractivity contribution in [1.82, 2.24) is 34.6 Å². The van der Waals surface area contributed by atoms with Crippen LogP contribution in [0.2, 0.25) is 0 Å². The van der Waals surface area contributed by atoms with Crippen molar-refractivity contribution < 1.29 is 19.1 Å². The van der Waals surface area contributed by atoms with E-state index in [-0.39, 0.29) is 17.9 Å². The van der Waals surface area contributed by atoms with Gasteiger partial charge in [0.2, 0.25) is 5.95 Å². The average Bonchev–Trinajstić information content (AvgIpc) is 3.75. The smallest absolute Gasteiger partial charge is 0.407 e. The Hall–Kier alpha value is -5.20. The highest BCUT2D eigenvalue weighted by Gasteiger charge is 2.27. The van der Waals surface area contributed by atoms with Crippen molar-refractivity contribution in [3.63, 3.8) is 0 Å². The number of carbonyl (C=O) groups excluding carboxylic acids is 3. The van der Waals surface area contributed by atoms with E-state index in [1.54, 1.807) is 37.3 Å². The number of rotatable bonds is 8. The Morgan fingerprint density at radius 1 is 0.939 bits per heavy atom. The van der Waals surface area contributed by atoms with Crippen molar-refractivity contribution in [2.45, 2.75) is 64.6 Å². The first-order valence-corrected chi connectivity index (χ1v) is 16.9. The number of fused-ring (bicyclic) bond motifs is 1. The molecule has 13 heteroatoms. The minimum absolute atomic E-state index is 0.0155. The van der Waals surface area contributed by atoms with Crippen molar-refractivity contribution in [3.8, 4) is 0 Å².